The molecule has 1 N–H and O–H groups in total. The summed E-state index contributed by atoms with van der Waals surface area (Å²) in [6.07, 6.45) is 1.76. The lowest BCUT2D eigenvalue weighted by atomic mass is 10.1. The Labute approximate surface area is 221 Å². The number of carbonyl (C=O) groups excluding carboxylic acids is 1. The molecule has 0 bridgehead atoms. The maximum atomic E-state index is 12.9. The van der Waals surface area contributed by atoms with Crippen molar-refractivity contribution in [3.05, 3.63) is 92.3 Å². The Morgan fingerprint density at radius 1 is 1.17 bits per heavy atom. The normalized spacial score (nSPS) is 15.6. The van der Waals surface area contributed by atoms with Crippen LogP contribution in [0.4, 0.5) is 5.69 Å². The van der Waals surface area contributed by atoms with Crippen molar-refractivity contribution in [2.24, 2.45) is 4.99 Å². The molecular formula is C27H23BrN2O5S. The van der Waals surface area contributed by atoms with E-state index in [1.807, 2.05) is 43.3 Å². The number of carboxylic acids is 1. The zero-order valence-corrected chi connectivity index (χ0v) is 22.2. The molecule has 0 aliphatic carbocycles. The lowest BCUT2D eigenvalue weighted by Gasteiger charge is -2.14. The van der Waals surface area contributed by atoms with Gasteiger partial charge in [-0.15, -0.1) is 0 Å². The van der Waals surface area contributed by atoms with Gasteiger partial charge in [-0.1, -0.05) is 35.9 Å². The van der Waals surface area contributed by atoms with Gasteiger partial charge in [-0.05, 0) is 82.2 Å². The van der Waals surface area contributed by atoms with Crippen molar-refractivity contribution in [3.8, 4) is 11.5 Å². The maximum Gasteiger partial charge on any atom is 0.335 e. The third kappa shape index (κ3) is 5.80. The second kappa shape index (κ2) is 11.0. The van der Waals surface area contributed by atoms with Crippen molar-refractivity contribution in [3.63, 3.8) is 0 Å². The number of halogens is 1. The summed E-state index contributed by atoms with van der Waals surface area (Å²) in [5, 5.41) is 9.66. The lowest BCUT2D eigenvalue weighted by Crippen LogP contribution is -2.23. The zero-order valence-electron chi connectivity index (χ0n) is 19.8. The molecule has 1 heterocycles. The number of likely N-dealkylation sites (N-methyl/N-ethyl adjacent to an activating group) is 1. The van der Waals surface area contributed by atoms with Gasteiger partial charge in [0.2, 0.25) is 0 Å². The number of rotatable bonds is 7. The quantitative estimate of drug-likeness (QED) is 0.339. The zero-order chi connectivity index (χ0) is 25.8. The molecule has 7 nitrogen and oxygen atoms in total. The van der Waals surface area contributed by atoms with Crippen molar-refractivity contribution in [2.45, 2.75) is 13.5 Å². The van der Waals surface area contributed by atoms with Gasteiger partial charge < -0.3 is 14.6 Å². The first kappa shape index (κ1) is 25.5. The molecule has 9 heteroatoms. The summed E-state index contributed by atoms with van der Waals surface area (Å²) < 4.78 is 12.3. The van der Waals surface area contributed by atoms with Crippen molar-refractivity contribution in [1.82, 2.24) is 4.90 Å². The highest BCUT2D eigenvalue weighted by Gasteiger charge is 2.30. The van der Waals surface area contributed by atoms with Crippen LogP contribution < -0.4 is 9.47 Å². The Morgan fingerprint density at radius 2 is 1.92 bits per heavy atom. The molecule has 0 aromatic heterocycles. The maximum absolute atomic E-state index is 12.9. The van der Waals surface area contributed by atoms with Crippen LogP contribution in [0.2, 0.25) is 0 Å². The second-order valence-electron chi connectivity index (χ2n) is 8.03. The number of amidine groups is 1. The molecule has 4 rings (SSSR count). The monoisotopic (exact) mass is 566 g/mol. The fourth-order valence-corrected chi connectivity index (χ4v) is 4.99. The summed E-state index contributed by atoms with van der Waals surface area (Å²) in [5.74, 6) is -0.135. The molecule has 3 aromatic rings. The van der Waals surface area contributed by atoms with E-state index in [-0.39, 0.29) is 11.5 Å². The largest absolute Gasteiger partial charge is 0.493 e. The fraction of sp³-hybridized carbons (Fsp3) is 0.148. The first-order chi connectivity index (χ1) is 17.2. The van der Waals surface area contributed by atoms with Crippen molar-refractivity contribution in [1.29, 1.82) is 0 Å². The third-order valence-electron chi connectivity index (χ3n) is 5.37. The molecule has 0 atom stereocenters. The van der Waals surface area contributed by atoms with Gasteiger partial charge in [-0.2, -0.15) is 0 Å². The average Bonchev–Trinajstić information content (AvgIpc) is 3.11. The van der Waals surface area contributed by atoms with Gasteiger partial charge in [-0.25, -0.2) is 9.79 Å². The molecule has 1 saturated heterocycles. The summed E-state index contributed by atoms with van der Waals surface area (Å²) in [4.78, 5) is 30.5. The number of aliphatic imine (C=N–C) groups is 1. The molecule has 3 aromatic carbocycles. The van der Waals surface area contributed by atoms with Gasteiger partial charge in [0.1, 0.15) is 6.61 Å². The fourth-order valence-electron chi connectivity index (χ4n) is 3.42. The minimum absolute atomic E-state index is 0.131. The third-order valence-corrected chi connectivity index (χ3v) is 7.02. The number of nitrogens with zero attached hydrogens (tertiary/aromatic N) is 2. The van der Waals surface area contributed by atoms with Crippen LogP contribution in [0.5, 0.6) is 11.5 Å². The van der Waals surface area contributed by atoms with Crippen molar-refractivity contribution < 1.29 is 24.2 Å². The first-order valence-electron chi connectivity index (χ1n) is 10.9. The highest BCUT2D eigenvalue weighted by Crippen LogP contribution is 2.39. The van der Waals surface area contributed by atoms with Crippen molar-refractivity contribution in [2.75, 3.05) is 14.2 Å². The Hall–Kier alpha value is -3.56. The van der Waals surface area contributed by atoms with Crippen LogP contribution in [-0.2, 0) is 11.4 Å². The summed E-state index contributed by atoms with van der Waals surface area (Å²) in [7, 11) is 3.20. The molecule has 0 unspecified atom stereocenters. The topological polar surface area (TPSA) is 88.4 Å². The number of aromatic carboxylic acids is 1. The highest BCUT2D eigenvalue weighted by molar-refractivity contribution is 9.10. The van der Waals surface area contributed by atoms with E-state index in [0.29, 0.717) is 38.3 Å². The molecule has 0 spiro atoms. The Morgan fingerprint density at radius 3 is 2.61 bits per heavy atom. The molecular weight excluding hydrogens is 544 g/mol. The predicted molar refractivity (Wildman–Crippen MR) is 145 cm³/mol. The summed E-state index contributed by atoms with van der Waals surface area (Å²) in [5.41, 5.74) is 3.56. The smallest absolute Gasteiger partial charge is 0.335 e. The van der Waals surface area contributed by atoms with Gasteiger partial charge in [-0.3, -0.25) is 9.69 Å². The number of carbonyl (C=O) groups is 2. The average molecular weight is 567 g/mol. The molecule has 0 radical (unpaired) electrons. The molecule has 184 valence electrons. The standard InChI is InChI=1S/C27H23BrN2O5S/c1-16-7-9-17(10-8-16)15-35-24-21(28)11-18(12-22(24)34-3)13-23-25(31)30(2)27(36-23)29-20-6-4-5-19(14-20)26(32)33/h4-14H,15H2,1-3H3,(H,32,33). The summed E-state index contributed by atoms with van der Waals surface area (Å²) in [6, 6.07) is 18.0. The molecule has 36 heavy (non-hydrogen) atoms. The molecule has 0 saturated carbocycles. The number of ether oxygens (including phenoxy) is 2. The van der Waals surface area contributed by atoms with Gasteiger partial charge in [0, 0.05) is 7.05 Å². The van der Waals surface area contributed by atoms with E-state index >= 15 is 0 Å². The van der Waals surface area contributed by atoms with Crippen LogP contribution in [0.15, 0.2) is 75.0 Å². The number of hydrogen-bond acceptors (Lipinski definition) is 6. The molecule has 1 aliphatic rings. The van der Waals surface area contributed by atoms with Gasteiger partial charge in [0.05, 0.1) is 27.7 Å². The van der Waals surface area contributed by atoms with Gasteiger partial charge in [0.25, 0.3) is 5.91 Å². The summed E-state index contributed by atoms with van der Waals surface area (Å²) >= 11 is 4.78. The van der Waals surface area contributed by atoms with Crippen LogP contribution in [0, 0.1) is 6.92 Å². The molecule has 1 aliphatic heterocycles. The van der Waals surface area contributed by atoms with E-state index in [4.69, 9.17) is 9.47 Å². The van der Waals surface area contributed by atoms with E-state index in [1.54, 1.807) is 32.4 Å². The highest BCUT2D eigenvalue weighted by atomic mass is 79.9. The van der Waals surface area contributed by atoms with E-state index in [2.05, 4.69) is 20.9 Å². The first-order valence-corrected chi connectivity index (χ1v) is 12.5. The van der Waals surface area contributed by atoms with Gasteiger partial charge >= 0.3 is 5.97 Å². The number of thioether (sulfide) groups is 1. The van der Waals surface area contributed by atoms with Gasteiger partial charge in [0.15, 0.2) is 16.7 Å². The Balaban J connectivity index is 1.57. The predicted octanol–water partition coefficient (Wildman–Crippen LogP) is 6.28. The van der Waals surface area contributed by atoms with E-state index in [1.165, 1.54) is 34.4 Å². The van der Waals surface area contributed by atoms with Crippen LogP contribution in [0.1, 0.15) is 27.0 Å². The number of methoxy groups -OCH3 is 1. The lowest BCUT2D eigenvalue weighted by molar-refractivity contribution is -0.121. The van der Waals surface area contributed by atoms with E-state index in [0.717, 1.165) is 11.1 Å². The number of hydrogen-bond donors (Lipinski definition) is 1. The van der Waals surface area contributed by atoms with E-state index < -0.39 is 5.97 Å². The minimum Gasteiger partial charge on any atom is -0.493 e. The Kier molecular flexibility index (Phi) is 7.81. The number of amides is 1. The van der Waals surface area contributed by atoms with Crippen LogP contribution >= 0.6 is 27.7 Å². The molecule has 1 amide bonds. The Bertz CT molecular complexity index is 1390. The second-order valence-corrected chi connectivity index (χ2v) is 9.90. The number of aryl methyl sites for hydroxylation is 1. The SMILES string of the molecule is COc1cc(C=C2SC(=Nc3cccc(C(=O)O)c3)N(C)C2=O)cc(Br)c1OCc1ccc(C)cc1. The van der Waals surface area contributed by atoms with Crippen LogP contribution in [-0.4, -0.2) is 41.2 Å². The summed E-state index contributed by atoms with van der Waals surface area (Å²) in [6.45, 7) is 2.42. The number of benzene rings is 3. The van der Waals surface area contributed by atoms with Crippen LogP contribution in [0.25, 0.3) is 6.08 Å². The van der Waals surface area contributed by atoms with E-state index in [9.17, 15) is 14.7 Å². The van der Waals surface area contributed by atoms with Crippen LogP contribution in [0.3, 0.4) is 0 Å². The molecule has 1 fully saturated rings. The number of carboxylic acid groups (broad SMARTS) is 1. The van der Waals surface area contributed by atoms with Crippen molar-refractivity contribution >= 4 is 56.5 Å². The minimum atomic E-state index is -1.04.